The first kappa shape index (κ1) is 22.8. The summed E-state index contributed by atoms with van der Waals surface area (Å²) in [4.78, 5) is 18.4. The van der Waals surface area contributed by atoms with Crippen molar-refractivity contribution in [1.29, 1.82) is 0 Å². The molecule has 0 unspecified atom stereocenters. The maximum absolute atomic E-state index is 13.8. The zero-order chi connectivity index (χ0) is 23.4. The monoisotopic (exact) mass is 457 g/mol. The number of anilines is 2. The highest BCUT2D eigenvalue weighted by atomic mass is 19.4. The number of hydrogen-bond acceptors (Lipinski definition) is 4. The molecule has 0 atom stereocenters. The molecule has 174 valence electrons. The Bertz CT molecular complexity index is 1070. The molecule has 1 amide bonds. The van der Waals surface area contributed by atoms with Crippen LogP contribution in [0.25, 0.3) is 5.82 Å². The number of pyridine rings is 1. The van der Waals surface area contributed by atoms with Crippen molar-refractivity contribution in [2.45, 2.75) is 44.8 Å². The van der Waals surface area contributed by atoms with Crippen LogP contribution in [0.1, 0.15) is 43.4 Å². The van der Waals surface area contributed by atoms with Crippen molar-refractivity contribution < 1.29 is 18.0 Å². The molecule has 1 fully saturated rings. The van der Waals surface area contributed by atoms with Crippen LogP contribution >= 0.6 is 0 Å². The van der Waals surface area contributed by atoms with Crippen molar-refractivity contribution in [3.63, 3.8) is 0 Å². The second kappa shape index (κ2) is 9.64. The lowest BCUT2D eigenvalue weighted by atomic mass is 9.88. The maximum atomic E-state index is 13.8. The van der Waals surface area contributed by atoms with Gasteiger partial charge in [-0.15, -0.1) is 0 Å². The third-order valence-electron chi connectivity index (χ3n) is 5.89. The van der Waals surface area contributed by atoms with Gasteiger partial charge in [-0.25, -0.2) is 9.67 Å². The Morgan fingerprint density at radius 2 is 1.85 bits per heavy atom. The van der Waals surface area contributed by atoms with Crippen molar-refractivity contribution in [1.82, 2.24) is 19.7 Å². The summed E-state index contributed by atoms with van der Waals surface area (Å²) in [5.41, 5.74) is 0.312. The number of nitrogens with zero attached hydrogens (tertiary/aromatic N) is 4. The second-order valence-corrected chi connectivity index (χ2v) is 8.36. The van der Waals surface area contributed by atoms with Crippen molar-refractivity contribution >= 4 is 17.3 Å². The average molecular weight is 458 g/mol. The standard InChI is InChI=1S/C24H26F3N5O/c1-31(23(33)18-7-3-2-4-8-18)16-17-10-12-19(13-11-17)30-20-15-29-32(22(20)24(25,26)27)21-9-5-6-14-28-21/h5-6,9-15,18,30H,2-4,7-8,16H2,1H3. The molecule has 33 heavy (non-hydrogen) atoms. The molecule has 0 spiro atoms. The fourth-order valence-electron chi connectivity index (χ4n) is 4.23. The molecule has 2 heterocycles. The average Bonchev–Trinajstić information content (AvgIpc) is 3.25. The summed E-state index contributed by atoms with van der Waals surface area (Å²) < 4.78 is 42.2. The van der Waals surface area contributed by atoms with Gasteiger partial charge >= 0.3 is 6.18 Å². The number of benzene rings is 1. The summed E-state index contributed by atoms with van der Waals surface area (Å²) in [6, 6.07) is 11.7. The molecule has 3 aromatic rings. The predicted molar refractivity (Wildman–Crippen MR) is 119 cm³/mol. The summed E-state index contributed by atoms with van der Waals surface area (Å²) in [6.07, 6.45) is 3.21. The molecule has 1 N–H and O–H groups in total. The van der Waals surface area contributed by atoms with Crippen LogP contribution < -0.4 is 5.32 Å². The van der Waals surface area contributed by atoms with E-state index in [1.54, 1.807) is 36.2 Å². The number of aromatic nitrogens is 3. The van der Waals surface area contributed by atoms with E-state index in [-0.39, 0.29) is 23.3 Å². The Balaban J connectivity index is 1.47. The molecule has 1 aliphatic carbocycles. The van der Waals surface area contributed by atoms with Crippen molar-refractivity contribution in [3.05, 3.63) is 66.1 Å². The van der Waals surface area contributed by atoms with E-state index in [0.29, 0.717) is 12.2 Å². The van der Waals surface area contributed by atoms with Gasteiger partial charge in [0.15, 0.2) is 11.5 Å². The smallest absolute Gasteiger partial charge is 0.352 e. The zero-order valence-electron chi connectivity index (χ0n) is 18.3. The van der Waals surface area contributed by atoms with Crippen molar-refractivity contribution in [3.8, 4) is 5.82 Å². The van der Waals surface area contributed by atoms with Crippen LogP contribution in [0, 0.1) is 5.92 Å². The molecule has 2 aromatic heterocycles. The highest BCUT2D eigenvalue weighted by Gasteiger charge is 2.39. The Morgan fingerprint density at radius 1 is 1.12 bits per heavy atom. The molecule has 1 saturated carbocycles. The molecule has 9 heteroatoms. The van der Waals surface area contributed by atoms with Crippen LogP contribution in [0.3, 0.4) is 0 Å². The Morgan fingerprint density at radius 3 is 2.48 bits per heavy atom. The Hall–Kier alpha value is -3.36. The van der Waals surface area contributed by atoms with Gasteiger partial charge in [-0.3, -0.25) is 4.79 Å². The van der Waals surface area contributed by atoms with E-state index in [2.05, 4.69) is 15.4 Å². The summed E-state index contributed by atoms with van der Waals surface area (Å²) in [7, 11) is 1.80. The molecular weight excluding hydrogens is 431 g/mol. The number of alkyl halides is 3. The first-order chi connectivity index (χ1) is 15.8. The fourth-order valence-corrected chi connectivity index (χ4v) is 4.23. The topological polar surface area (TPSA) is 63.1 Å². The Labute approximate surface area is 190 Å². The quantitative estimate of drug-likeness (QED) is 0.526. The van der Waals surface area contributed by atoms with E-state index < -0.39 is 11.9 Å². The number of halogens is 3. The van der Waals surface area contributed by atoms with E-state index in [0.717, 1.165) is 42.1 Å². The Kier molecular flexibility index (Phi) is 6.67. The lowest BCUT2D eigenvalue weighted by Crippen LogP contribution is -2.33. The van der Waals surface area contributed by atoms with Gasteiger partial charge in [0.25, 0.3) is 0 Å². The molecule has 1 aliphatic rings. The number of nitrogens with one attached hydrogen (secondary N) is 1. The third-order valence-corrected chi connectivity index (χ3v) is 5.89. The molecule has 0 aliphatic heterocycles. The lowest BCUT2D eigenvalue weighted by Gasteiger charge is -2.26. The molecule has 1 aromatic carbocycles. The number of carbonyl (C=O) groups is 1. The number of rotatable bonds is 6. The largest absolute Gasteiger partial charge is 0.435 e. The minimum absolute atomic E-state index is 0.0823. The van der Waals surface area contributed by atoms with Crippen LogP contribution in [0.2, 0.25) is 0 Å². The van der Waals surface area contributed by atoms with Gasteiger partial charge in [0.05, 0.1) is 11.9 Å². The maximum Gasteiger partial charge on any atom is 0.435 e. The lowest BCUT2D eigenvalue weighted by molar-refractivity contribution is -0.142. The highest BCUT2D eigenvalue weighted by Crippen LogP contribution is 2.37. The van der Waals surface area contributed by atoms with Gasteiger partial charge in [0.1, 0.15) is 0 Å². The van der Waals surface area contributed by atoms with Gasteiger partial charge in [0, 0.05) is 31.4 Å². The molecule has 0 saturated heterocycles. The van der Waals surface area contributed by atoms with Gasteiger partial charge in [-0.1, -0.05) is 37.5 Å². The number of hydrogen-bond donors (Lipinski definition) is 1. The van der Waals surface area contributed by atoms with Crippen molar-refractivity contribution in [2.75, 3.05) is 12.4 Å². The minimum atomic E-state index is -4.63. The van der Waals surface area contributed by atoms with E-state index in [9.17, 15) is 18.0 Å². The molecule has 0 radical (unpaired) electrons. The van der Waals surface area contributed by atoms with Crippen LogP contribution in [-0.2, 0) is 17.5 Å². The SMILES string of the molecule is CN(Cc1ccc(Nc2cnn(-c3ccccn3)c2C(F)(F)F)cc1)C(=O)C1CCCCC1. The number of amides is 1. The van der Waals surface area contributed by atoms with Gasteiger partial charge < -0.3 is 10.2 Å². The second-order valence-electron chi connectivity index (χ2n) is 8.36. The predicted octanol–water partition coefficient (Wildman–Crippen LogP) is 5.57. The van der Waals surface area contributed by atoms with Crippen LogP contribution in [0.5, 0.6) is 0 Å². The summed E-state index contributed by atoms with van der Waals surface area (Å²) in [5, 5.41) is 6.71. The van der Waals surface area contributed by atoms with Crippen LogP contribution in [-0.4, -0.2) is 32.6 Å². The van der Waals surface area contributed by atoms with Crippen LogP contribution in [0.4, 0.5) is 24.5 Å². The summed E-state index contributed by atoms with van der Waals surface area (Å²) in [6.45, 7) is 0.459. The number of carbonyl (C=O) groups excluding carboxylic acids is 1. The van der Waals surface area contributed by atoms with E-state index >= 15 is 0 Å². The van der Waals surface area contributed by atoms with Gasteiger partial charge in [-0.05, 0) is 42.7 Å². The van der Waals surface area contributed by atoms with E-state index in [1.807, 2.05) is 12.1 Å². The first-order valence-electron chi connectivity index (χ1n) is 11.0. The molecule has 4 rings (SSSR count). The summed E-state index contributed by atoms with van der Waals surface area (Å²) >= 11 is 0. The van der Waals surface area contributed by atoms with E-state index in [4.69, 9.17) is 0 Å². The van der Waals surface area contributed by atoms with Gasteiger partial charge in [-0.2, -0.15) is 18.3 Å². The zero-order valence-corrected chi connectivity index (χ0v) is 18.3. The molecule has 0 bridgehead atoms. The third kappa shape index (κ3) is 5.35. The normalized spacial score (nSPS) is 14.8. The first-order valence-corrected chi connectivity index (χ1v) is 11.0. The van der Waals surface area contributed by atoms with Gasteiger partial charge in [0.2, 0.25) is 5.91 Å². The summed E-state index contributed by atoms with van der Waals surface area (Å²) in [5.74, 6) is 0.341. The molecular formula is C24H26F3N5O. The highest BCUT2D eigenvalue weighted by molar-refractivity contribution is 5.78. The van der Waals surface area contributed by atoms with Crippen LogP contribution in [0.15, 0.2) is 54.9 Å². The van der Waals surface area contributed by atoms with E-state index in [1.165, 1.54) is 18.7 Å². The molecule has 6 nitrogen and oxygen atoms in total. The van der Waals surface area contributed by atoms with Crippen molar-refractivity contribution in [2.24, 2.45) is 5.92 Å². The fraction of sp³-hybridized carbons (Fsp3) is 0.375. The minimum Gasteiger partial charge on any atom is -0.352 e.